The lowest BCUT2D eigenvalue weighted by Gasteiger charge is -2.19. The lowest BCUT2D eigenvalue weighted by atomic mass is 9.88. The molecule has 1 aliphatic rings. The lowest BCUT2D eigenvalue weighted by molar-refractivity contribution is 0.103. The van der Waals surface area contributed by atoms with Gasteiger partial charge in [0.05, 0.1) is 15.7 Å². The molecule has 1 aliphatic carbocycles. The summed E-state index contributed by atoms with van der Waals surface area (Å²) in [4.78, 5) is 19.0. The average Bonchev–Trinajstić information content (AvgIpc) is 3.01. The van der Waals surface area contributed by atoms with Gasteiger partial charge in [0, 0.05) is 16.8 Å². The Kier molecular flexibility index (Phi) is 5.01. The van der Waals surface area contributed by atoms with Crippen LogP contribution in [0.5, 0.6) is 0 Å². The van der Waals surface area contributed by atoms with E-state index in [4.69, 9.17) is 33.9 Å². The third kappa shape index (κ3) is 3.28. The molecule has 0 saturated carbocycles. The molecule has 2 aromatic heterocycles. The molecule has 3 aromatic rings. The van der Waals surface area contributed by atoms with Crippen LogP contribution >= 0.6 is 34.5 Å². The number of rotatable bonds is 3. The minimum atomic E-state index is -0.253. The van der Waals surface area contributed by atoms with Crippen LogP contribution in [0.2, 0.25) is 10.0 Å². The highest BCUT2D eigenvalue weighted by Gasteiger charge is 2.24. The first kappa shape index (κ1) is 18.5. The fourth-order valence-electron chi connectivity index (χ4n) is 3.71. The number of hydrogen-bond donors (Lipinski definition) is 2. The molecule has 4 nitrogen and oxygen atoms in total. The van der Waals surface area contributed by atoms with Gasteiger partial charge in [0.2, 0.25) is 0 Å². The number of aromatic nitrogens is 1. The Bertz CT molecular complexity index is 1060. The minimum Gasteiger partial charge on any atom is -0.397 e. The molecule has 4 rings (SSSR count). The number of fused-ring (bicyclic) bond motifs is 3. The third-order valence-electron chi connectivity index (χ3n) is 5.00. The van der Waals surface area contributed by atoms with E-state index >= 15 is 0 Å². The van der Waals surface area contributed by atoms with Crippen molar-refractivity contribution in [2.75, 3.05) is 11.1 Å². The van der Waals surface area contributed by atoms with Crippen LogP contribution in [0.1, 0.15) is 46.3 Å². The summed E-state index contributed by atoms with van der Waals surface area (Å²) in [6.45, 7) is 2.12. The van der Waals surface area contributed by atoms with E-state index in [9.17, 15) is 4.79 Å². The number of halogens is 2. The van der Waals surface area contributed by atoms with Gasteiger partial charge in [-0.3, -0.25) is 4.79 Å². The Labute approximate surface area is 171 Å². The maximum absolute atomic E-state index is 12.8. The third-order valence-corrected chi connectivity index (χ3v) is 6.84. The smallest absolute Gasteiger partial charge is 0.267 e. The summed E-state index contributed by atoms with van der Waals surface area (Å²) in [5.41, 5.74) is 11.3. The van der Waals surface area contributed by atoms with Gasteiger partial charge in [0.25, 0.3) is 5.91 Å². The number of nitrogens with two attached hydrogens (primary N) is 1. The van der Waals surface area contributed by atoms with E-state index in [2.05, 4.69) is 12.2 Å². The summed E-state index contributed by atoms with van der Waals surface area (Å²) in [5.74, 6) is -0.253. The van der Waals surface area contributed by atoms with Crippen molar-refractivity contribution >= 4 is 62.0 Å². The van der Waals surface area contributed by atoms with Crippen molar-refractivity contribution in [1.82, 2.24) is 4.98 Å². The zero-order chi connectivity index (χ0) is 19.1. The predicted octanol–water partition coefficient (Wildman–Crippen LogP) is 5.88. The highest BCUT2D eigenvalue weighted by molar-refractivity contribution is 7.21. The second kappa shape index (κ2) is 7.30. The number of carbonyl (C=O) groups is 1. The first-order valence-electron chi connectivity index (χ1n) is 8.98. The van der Waals surface area contributed by atoms with Crippen molar-refractivity contribution in [2.45, 2.75) is 39.0 Å². The van der Waals surface area contributed by atoms with Gasteiger partial charge in [-0.1, -0.05) is 30.1 Å². The number of nitrogens with zero attached hydrogens (tertiary/aromatic N) is 1. The first-order chi connectivity index (χ1) is 13.0. The van der Waals surface area contributed by atoms with E-state index in [1.807, 2.05) is 0 Å². The molecule has 0 fully saturated rings. The van der Waals surface area contributed by atoms with Crippen molar-refractivity contribution < 1.29 is 4.79 Å². The van der Waals surface area contributed by atoms with E-state index in [1.165, 1.54) is 28.9 Å². The summed E-state index contributed by atoms with van der Waals surface area (Å²) >= 11 is 13.3. The van der Waals surface area contributed by atoms with Crippen LogP contribution in [-0.4, -0.2) is 10.9 Å². The second-order valence-electron chi connectivity index (χ2n) is 6.68. The Morgan fingerprint density at radius 1 is 1.22 bits per heavy atom. The molecular weight excluding hydrogens is 401 g/mol. The Morgan fingerprint density at radius 3 is 2.67 bits per heavy atom. The molecule has 0 radical (unpaired) electrons. The number of nitrogen functional groups attached to an aromatic ring is 1. The van der Waals surface area contributed by atoms with E-state index < -0.39 is 0 Å². The molecule has 0 aliphatic heterocycles. The highest BCUT2D eigenvalue weighted by Crippen LogP contribution is 2.40. The quantitative estimate of drug-likeness (QED) is 0.556. The molecule has 2 heterocycles. The van der Waals surface area contributed by atoms with E-state index in [0.29, 0.717) is 26.3 Å². The standard InChI is InChI=1S/C20H19Cl2N3OS/c1-2-15-11-5-3-4-6-12(11)16-17(23)18(27-20(16)25-15)19(26)24-10-7-8-13(21)14(22)9-10/h7-9H,2-6,23H2,1H3,(H,24,26). The van der Waals surface area contributed by atoms with Crippen LogP contribution in [0.4, 0.5) is 11.4 Å². The molecule has 0 atom stereocenters. The molecule has 7 heteroatoms. The lowest BCUT2D eigenvalue weighted by Crippen LogP contribution is -2.12. The molecule has 0 unspecified atom stereocenters. The molecule has 1 amide bonds. The maximum atomic E-state index is 12.8. The number of nitrogens with one attached hydrogen (secondary N) is 1. The van der Waals surface area contributed by atoms with Gasteiger partial charge in [-0.15, -0.1) is 11.3 Å². The molecule has 3 N–H and O–H groups in total. The van der Waals surface area contributed by atoms with E-state index in [-0.39, 0.29) is 5.91 Å². The van der Waals surface area contributed by atoms with E-state index in [1.54, 1.807) is 18.2 Å². The zero-order valence-corrected chi connectivity index (χ0v) is 17.2. The van der Waals surface area contributed by atoms with Gasteiger partial charge in [-0.05, 0) is 61.4 Å². The molecule has 0 saturated heterocycles. The summed E-state index contributed by atoms with van der Waals surface area (Å²) < 4.78 is 0. The molecule has 0 spiro atoms. The topological polar surface area (TPSA) is 68.0 Å². The summed E-state index contributed by atoms with van der Waals surface area (Å²) in [6, 6.07) is 4.99. The van der Waals surface area contributed by atoms with Gasteiger partial charge in [-0.2, -0.15) is 0 Å². The van der Waals surface area contributed by atoms with Crippen LogP contribution in [-0.2, 0) is 19.3 Å². The van der Waals surface area contributed by atoms with Gasteiger partial charge in [0.1, 0.15) is 9.71 Å². The molecular formula is C20H19Cl2N3OS. The monoisotopic (exact) mass is 419 g/mol. The van der Waals surface area contributed by atoms with Crippen LogP contribution in [0.3, 0.4) is 0 Å². The number of hydrogen-bond acceptors (Lipinski definition) is 4. The second-order valence-corrected chi connectivity index (χ2v) is 8.50. The summed E-state index contributed by atoms with van der Waals surface area (Å²) in [5, 5.41) is 4.66. The maximum Gasteiger partial charge on any atom is 0.267 e. The molecule has 27 heavy (non-hydrogen) atoms. The molecule has 0 bridgehead atoms. The number of anilines is 2. The normalized spacial score (nSPS) is 13.6. The van der Waals surface area contributed by atoms with Gasteiger partial charge < -0.3 is 11.1 Å². The van der Waals surface area contributed by atoms with Crippen molar-refractivity contribution in [3.8, 4) is 0 Å². The van der Waals surface area contributed by atoms with E-state index in [0.717, 1.165) is 41.6 Å². The number of amides is 1. The average molecular weight is 420 g/mol. The fraction of sp³-hybridized carbons (Fsp3) is 0.300. The predicted molar refractivity (Wildman–Crippen MR) is 114 cm³/mol. The van der Waals surface area contributed by atoms with Gasteiger partial charge in [-0.25, -0.2) is 4.98 Å². The SMILES string of the molecule is CCc1nc2sc(C(=O)Nc3ccc(Cl)c(Cl)c3)c(N)c2c2c1CCCC2. The van der Waals surface area contributed by atoms with Crippen LogP contribution in [0.15, 0.2) is 18.2 Å². The van der Waals surface area contributed by atoms with Crippen LogP contribution in [0.25, 0.3) is 10.2 Å². The Balaban J connectivity index is 1.77. The first-order valence-corrected chi connectivity index (χ1v) is 10.6. The van der Waals surface area contributed by atoms with Crippen molar-refractivity contribution in [2.24, 2.45) is 0 Å². The Hall–Kier alpha value is -1.82. The van der Waals surface area contributed by atoms with Crippen LogP contribution < -0.4 is 11.1 Å². The number of thiophene rings is 1. The van der Waals surface area contributed by atoms with Gasteiger partial charge in [0.15, 0.2) is 0 Å². The summed E-state index contributed by atoms with van der Waals surface area (Å²) in [7, 11) is 0. The zero-order valence-electron chi connectivity index (χ0n) is 14.9. The number of aryl methyl sites for hydroxylation is 2. The number of benzene rings is 1. The summed E-state index contributed by atoms with van der Waals surface area (Å²) in [6.07, 6.45) is 5.26. The van der Waals surface area contributed by atoms with Crippen molar-refractivity contribution in [3.05, 3.63) is 49.9 Å². The number of carbonyl (C=O) groups excluding carboxylic acids is 1. The van der Waals surface area contributed by atoms with Crippen molar-refractivity contribution in [1.29, 1.82) is 0 Å². The molecule has 1 aromatic carbocycles. The molecule has 140 valence electrons. The fourth-order valence-corrected chi connectivity index (χ4v) is 5.05. The van der Waals surface area contributed by atoms with Gasteiger partial charge >= 0.3 is 0 Å². The van der Waals surface area contributed by atoms with Crippen molar-refractivity contribution in [3.63, 3.8) is 0 Å². The van der Waals surface area contributed by atoms with Crippen LogP contribution in [0, 0.1) is 0 Å². The number of pyridine rings is 1. The largest absolute Gasteiger partial charge is 0.397 e. The minimum absolute atomic E-state index is 0.253. The Morgan fingerprint density at radius 2 is 1.96 bits per heavy atom. The highest BCUT2D eigenvalue weighted by atomic mass is 35.5.